The number of nitrogens with zero attached hydrogens (tertiary/aromatic N) is 3. The molecule has 2 heterocycles. The maximum absolute atomic E-state index is 12.8. The number of carbonyl (C=O) groups is 2. The van der Waals surface area contributed by atoms with Gasteiger partial charge in [0.1, 0.15) is 0 Å². The van der Waals surface area contributed by atoms with Crippen LogP contribution in [0.3, 0.4) is 0 Å². The van der Waals surface area contributed by atoms with Crippen LogP contribution in [-0.2, 0) is 11.3 Å². The molecule has 1 aromatic heterocycles. The van der Waals surface area contributed by atoms with Crippen molar-refractivity contribution in [3.8, 4) is 28.4 Å². The molecule has 0 atom stereocenters. The summed E-state index contributed by atoms with van der Waals surface area (Å²) < 4.78 is 12.4. The Balaban J connectivity index is 1.28. The number of carbonyl (C=O) groups excluding carboxylic acids is 2. The van der Waals surface area contributed by atoms with E-state index in [1.807, 2.05) is 71.5 Å². The topological polar surface area (TPSA) is 85.7 Å². The minimum absolute atomic E-state index is 0.128. The van der Waals surface area contributed by atoms with Crippen LogP contribution in [0.5, 0.6) is 11.5 Å². The monoisotopic (exact) mass is 468 g/mol. The molecule has 0 saturated heterocycles. The van der Waals surface area contributed by atoms with Crippen LogP contribution in [0.2, 0.25) is 0 Å². The van der Waals surface area contributed by atoms with E-state index in [1.165, 1.54) is 0 Å². The van der Waals surface area contributed by atoms with Gasteiger partial charge >= 0.3 is 0 Å². The summed E-state index contributed by atoms with van der Waals surface area (Å²) in [6.07, 6.45) is 1.94. The summed E-state index contributed by atoms with van der Waals surface area (Å²) >= 11 is 0. The van der Waals surface area contributed by atoms with Gasteiger partial charge in [0.2, 0.25) is 12.7 Å². The Morgan fingerprint density at radius 2 is 1.69 bits per heavy atom. The van der Waals surface area contributed by atoms with E-state index < -0.39 is 0 Å². The molecule has 8 nitrogen and oxygen atoms in total. The quantitative estimate of drug-likeness (QED) is 0.448. The minimum atomic E-state index is -0.355. The van der Waals surface area contributed by atoms with Crippen molar-refractivity contribution in [2.75, 3.05) is 20.4 Å². The fourth-order valence-electron chi connectivity index (χ4n) is 3.85. The van der Waals surface area contributed by atoms with E-state index in [4.69, 9.17) is 14.6 Å². The maximum Gasteiger partial charge on any atom is 0.251 e. The molecule has 8 heteroatoms. The molecule has 3 aromatic carbocycles. The van der Waals surface area contributed by atoms with E-state index in [1.54, 1.807) is 30.1 Å². The van der Waals surface area contributed by atoms with Gasteiger partial charge in [-0.05, 0) is 30.3 Å². The van der Waals surface area contributed by atoms with E-state index in [2.05, 4.69) is 5.32 Å². The smallest absolute Gasteiger partial charge is 0.251 e. The van der Waals surface area contributed by atoms with Crippen molar-refractivity contribution in [2.24, 2.45) is 0 Å². The number of likely N-dealkylation sites (N-methyl/N-ethyl adjacent to an activating group) is 1. The average Bonchev–Trinajstić information content (AvgIpc) is 3.55. The molecule has 176 valence electrons. The fourth-order valence-corrected chi connectivity index (χ4v) is 3.85. The maximum atomic E-state index is 12.8. The Kier molecular flexibility index (Phi) is 6.17. The van der Waals surface area contributed by atoms with E-state index in [9.17, 15) is 9.59 Å². The second kappa shape index (κ2) is 9.72. The SMILES string of the molecule is CN(Cc1cn(-c2ccccc2)nc1-c1ccccc1)C(=O)CNC(=O)c1ccc2c(c1)OCO2. The van der Waals surface area contributed by atoms with Gasteiger partial charge in [-0.1, -0.05) is 48.5 Å². The van der Waals surface area contributed by atoms with E-state index >= 15 is 0 Å². The molecule has 0 bridgehead atoms. The number of amides is 2. The molecule has 0 radical (unpaired) electrons. The number of fused-ring (bicyclic) bond motifs is 1. The standard InChI is InChI=1S/C27H24N4O4/c1-30(25(32)15-28-27(33)20-12-13-23-24(14-20)35-18-34-23)16-21-17-31(22-10-6-3-7-11-22)29-26(21)19-8-4-2-5-9-19/h2-14,17H,15-16,18H2,1H3,(H,28,33). The Morgan fingerprint density at radius 3 is 2.46 bits per heavy atom. The summed E-state index contributed by atoms with van der Waals surface area (Å²) in [5.41, 5.74) is 4.01. The van der Waals surface area contributed by atoms with Gasteiger partial charge in [0.05, 0.1) is 17.9 Å². The van der Waals surface area contributed by atoms with Gasteiger partial charge in [-0.3, -0.25) is 9.59 Å². The lowest BCUT2D eigenvalue weighted by Gasteiger charge is -2.17. The summed E-state index contributed by atoms with van der Waals surface area (Å²) in [4.78, 5) is 27.0. The van der Waals surface area contributed by atoms with Gasteiger partial charge in [-0.2, -0.15) is 5.10 Å². The zero-order valence-corrected chi connectivity index (χ0v) is 19.2. The number of ether oxygens (including phenoxy) is 2. The number of nitrogens with one attached hydrogen (secondary N) is 1. The molecule has 0 unspecified atom stereocenters. The summed E-state index contributed by atoms with van der Waals surface area (Å²) in [6.45, 7) is 0.350. The zero-order valence-electron chi connectivity index (χ0n) is 19.2. The van der Waals surface area contributed by atoms with Crippen LogP contribution >= 0.6 is 0 Å². The van der Waals surface area contributed by atoms with Gasteiger partial charge in [0, 0.05) is 36.5 Å². The van der Waals surface area contributed by atoms with E-state index in [-0.39, 0.29) is 25.2 Å². The molecular weight excluding hydrogens is 444 g/mol. The van der Waals surface area contributed by atoms with Gasteiger partial charge in [-0.15, -0.1) is 0 Å². The molecule has 5 rings (SSSR count). The first-order chi connectivity index (χ1) is 17.1. The van der Waals surface area contributed by atoms with E-state index in [0.29, 0.717) is 23.6 Å². The number of benzene rings is 3. The lowest BCUT2D eigenvalue weighted by atomic mass is 10.1. The molecule has 4 aromatic rings. The van der Waals surface area contributed by atoms with Crippen LogP contribution in [0.4, 0.5) is 0 Å². The summed E-state index contributed by atoms with van der Waals surface area (Å²) in [5, 5.41) is 7.48. The van der Waals surface area contributed by atoms with Crippen molar-refractivity contribution in [2.45, 2.75) is 6.54 Å². The number of aromatic nitrogens is 2. The molecular formula is C27H24N4O4. The Morgan fingerprint density at radius 1 is 0.971 bits per heavy atom. The van der Waals surface area contributed by atoms with E-state index in [0.717, 1.165) is 22.5 Å². The van der Waals surface area contributed by atoms with Gasteiger partial charge in [0.25, 0.3) is 5.91 Å². The highest BCUT2D eigenvalue weighted by molar-refractivity contribution is 5.97. The number of hydrogen-bond donors (Lipinski definition) is 1. The largest absolute Gasteiger partial charge is 0.454 e. The van der Waals surface area contributed by atoms with Gasteiger partial charge in [-0.25, -0.2) is 4.68 Å². The van der Waals surface area contributed by atoms with Crippen LogP contribution in [-0.4, -0.2) is 46.9 Å². The first kappa shape index (κ1) is 22.2. The first-order valence-corrected chi connectivity index (χ1v) is 11.2. The van der Waals surface area contributed by atoms with Gasteiger partial charge in [0.15, 0.2) is 11.5 Å². The molecule has 35 heavy (non-hydrogen) atoms. The van der Waals surface area contributed by atoms with Crippen molar-refractivity contribution >= 4 is 11.8 Å². The summed E-state index contributed by atoms with van der Waals surface area (Å²) in [7, 11) is 1.71. The van der Waals surface area contributed by atoms with Crippen molar-refractivity contribution < 1.29 is 19.1 Å². The highest BCUT2D eigenvalue weighted by Gasteiger charge is 2.19. The third kappa shape index (κ3) is 4.86. The lowest BCUT2D eigenvalue weighted by molar-refractivity contribution is -0.129. The predicted octanol–water partition coefficient (Wildman–Crippen LogP) is 3.66. The molecule has 1 N–H and O–H groups in total. The van der Waals surface area contributed by atoms with Crippen LogP contribution < -0.4 is 14.8 Å². The number of para-hydroxylation sites is 1. The molecule has 1 aliphatic heterocycles. The Hall–Kier alpha value is -4.59. The highest BCUT2D eigenvalue weighted by Crippen LogP contribution is 2.32. The predicted molar refractivity (Wildman–Crippen MR) is 130 cm³/mol. The first-order valence-electron chi connectivity index (χ1n) is 11.2. The molecule has 0 aliphatic carbocycles. The van der Waals surface area contributed by atoms with Crippen LogP contribution in [0.25, 0.3) is 16.9 Å². The van der Waals surface area contributed by atoms with Crippen molar-refractivity contribution in [3.63, 3.8) is 0 Å². The fraction of sp³-hybridized carbons (Fsp3) is 0.148. The number of rotatable bonds is 7. The third-order valence-electron chi connectivity index (χ3n) is 5.73. The van der Waals surface area contributed by atoms with Crippen molar-refractivity contribution in [3.05, 3.63) is 96.2 Å². The molecule has 2 amide bonds. The average molecular weight is 469 g/mol. The Bertz CT molecular complexity index is 1350. The zero-order chi connectivity index (χ0) is 24.2. The summed E-state index contributed by atoms with van der Waals surface area (Å²) in [6, 6.07) is 24.6. The molecule has 1 aliphatic rings. The second-order valence-electron chi connectivity index (χ2n) is 8.15. The second-order valence-corrected chi connectivity index (χ2v) is 8.15. The molecule has 0 spiro atoms. The highest BCUT2D eigenvalue weighted by atomic mass is 16.7. The van der Waals surface area contributed by atoms with Crippen LogP contribution in [0.15, 0.2) is 85.1 Å². The molecule has 0 fully saturated rings. The lowest BCUT2D eigenvalue weighted by Crippen LogP contribution is -2.37. The Labute approximate surface area is 202 Å². The van der Waals surface area contributed by atoms with Crippen LogP contribution in [0, 0.1) is 0 Å². The van der Waals surface area contributed by atoms with Crippen molar-refractivity contribution in [1.82, 2.24) is 20.0 Å². The molecule has 0 saturated carbocycles. The van der Waals surface area contributed by atoms with Gasteiger partial charge < -0.3 is 19.7 Å². The normalized spacial score (nSPS) is 11.8. The summed E-state index contributed by atoms with van der Waals surface area (Å²) in [5.74, 6) is 0.546. The van der Waals surface area contributed by atoms with Crippen LogP contribution in [0.1, 0.15) is 15.9 Å². The number of hydrogen-bond acceptors (Lipinski definition) is 5. The third-order valence-corrected chi connectivity index (χ3v) is 5.73. The van der Waals surface area contributed by atoms with Crippen molar-refractivity contribution in [1.29, 1.82) is 0 Å². The minimum Gasteiger partial charge on any atom is -0.454 e.